The maximum Gasteiger partial charge on any atom is 0.411 e. The van der Waals surface area contributed by atoms with Crippen LogP contribution in [0.25, 0.3) is 0 Å². The van der Waals surface area contributed by atoms with Crippen LogP contribution in [-0.4, -0.2) is 63.6 Å². The Morgan fingerprint density at radius 3 is 2.20 bits per heavy atom. The van der Waals surface area contributed by atoms with Crippen molar-refractivity contribution in [3.63, 3.8) is 0 Å². The molecule has 1 N–H and O–H groups in total. The van der Waals surface area contributed by atoms with Crippen LogP contribution in [-0.2, 0) is 38.4 Å². The Labute approximate surface area is 234 Å². The molecule has 4 rings (SSSR count). The summed E-state index contributed by atoms with van der Waals surface area (Å²) >= 11 is 0. The smallest absolute Gasteiger partial charge is 0.411 e. The lowest BCUT2D eigenvalue weighted by molar-refractivity contribution is -0.175. The summed E-state index contributed by atoms with van der Waals surface area (Å²) in [6.45, 7) is 5.85. The minimum absolute atomic E-state index is 0.0299. The summed E-state index contributed by atoms with van der Waals surface area (Å²) in [6, 6.07) is 8.03. The molecule has 0 radical (unpaired) electrons. The van der Waals surface area contributed by atoms with Gasteiger partial charge in [-0.25, -0.2) is 13.2 Å². The second-order valence-electron chi connectivity index (χ2n) is 10.9. The maximum atomic E-state index is 14.2. The zero-order valence-electron chi connectivity index (χ0n) is 23.1. The van der Waals surface area contributed by atoms with Crippen molar-refractivity contribution in [3.05, 3.63) is 65.0 Å². The first kappa shape index (κ1) is 30.0. The molecule has 1 aliphatic heterocycles. The Bertz CT molecular complexity index is 1600. The number of rotatable bonds is 5. The Morgan fingerprint density at radius 1 is 1.05 bits per heavy atom. The Kier molecular flexibility index (Phi) is 7.39. The van der Waals surface area contributed by atoms with Gasteiger partial charge < -0.3 is 10.1 Å². The molecule has 2 unspecified atom stereocenters. The highest BCUT2D eigenvalue weighted by atomic mass is 32.2. The highest BCUT2D eigenvalue weighted by Crippen LogP contribution is 2.45. The largest absolute Gasteiger partial charge is 0.444 e. The number of halogens is 3. The van der Waals surface area contributed by atoms with Crippen LogP contribution < -0.4 is 5.32 Å². The lowest BCUT2D eigenvalue weighted by Gasteiger charge is -2.29. The van der Waals surface area contributed by atoms with Gasteiger partial charge in [-0.05, 0) is 73.9 Å². The zero-order valence-corrected chi connectivity index (χ0v) is 24.0. The number of nitrogens with one attached hydrogen (secondary N) is 1. The fourth-order valence-electron chi connectivity index (χ4n) is 4.43. The molecule has 15 heteroatoms. The van der Waals surface area contributed by atoms with Gasteiger partial charge in [0, 0.05) is 11.9 Å². The second-order valence-corrected chi connectivity index (χ2v) is 13.0. The molecule has 0 bridgehead atoms. The number of aromatic nitrogens is 4. The number of carbonyl (C=O) groups excluding carboxylic acids is 2. The SMILES string of the molecule is Cn1nnc(C(C)(c2ccc(NC(=O)C3c4ccc(S(C)(=O)=O)cc4CN3C(=O)OC(C)(C)C)cc2)C(F)(F)F)n1. The third-order valence-electron chi connectivity index (χ3n) is 6.62. The fourth-order valence-corrected chi connectivity index (χ4v) is 5.11. The number of hydrogen-bond acceptors (Lipinski definition) is 8. The molecule has 2 aromatic carbocycles. The van der Waals surface area contributed by atoms with Crippen molar-refractivity contribution < 1.29 is 35.9 Å². The molecule has 0 aliphatic carbocycles. The van der Waals surface area contributed by atoms with E-state index in [0.717, 1.165) is 18.0 Å². The highest BCUT2D eigenvalue weighted by molar-refractivity contribution is 7.90. The number of tetrazole rings is 1. The van der Waals surface area contributed by atoms with Crippen LogP contribution >= 0.6 is 0 Å². The van der Waals surface area contributed by atoms with E-state index in [2.05, 4.69) is 20.7 Å². The van der Waals surface area contributed by atoms with E-state index >= 15 is 0 Å². The van der Waals surface area contributed by atoms with Gasteiger partial charge in [-0.15, -0.1) is 10.2 Å². The summed E-state index contributed by atoms with van der Waals surface area (Å²) in [7, 11) is -2.20. The van der Waals surface area contributed by atoms with Crippen molar-refractivity contribution in [2.45, 2.75) is 62.4 Å². The predicted molar refractivity (Wildman–Crippen MR) is 140 cm³/mol. The Balaban J connectivity index is 1.66. The molecule has 2 amide bonds. The lowest BCUT2D eigenvalue weighted by atomic mass is 9.81. The molecular weight excluding hydrogens is 565 g/mol. The molecule has 1 aliphatic rings. The van der Waals surface area contributed by atoms with E-state index in [4.69, 9.17) is 4.74 Å². The molecule has 0 spiro atoms. The van der Waals surface area contributed by atoms with Crippen LogP contribution in [0.2, 0.25) is 0 Å². The number of sulfone groups is 1. The van der Waals surface area contributed by atoms with Crippen molar-refractivity contribution in [1.82, 2.24) is 25.1 Å². The molecule has 2 heterocycles. The number of aryl methyl sites for hydroxylation is 1. The van der Waals surface area contributed by atoms with E-state index < -0.39 is 50.9 Å². The van der Waals surface area contributed by atoms with Crippen LogP contribution in [0.5, 0.6) is 0 Å². The monoisotopic (exact) mass is 594 g/mol. The van der Waals surface area contributed by atoms with Gasteiger partial charge in [0.15, 0.2) is 21.1 Å². The van der Waals surface area contributed by atoms with Gasteiger partial charge >= 0.3 is 12.3 Å². The number of benzene rings is 2. The van der Waals surface area contributed by atoms with Gasteiger partial charge in [0.05, 0.1) is 18.5 Å². The molecule has 0 saturated carbocycles. The van der Waals surface area contributed by atoms with E-state index in [-0.39, 0.29) is 22.7 Å². The number of nitrogens with zero attached hydrogens (tertiary/aromatic N) is 5. The number of hydrogen-bond donors (Lipinski definition) is 1. The van der Waals surface area contributed by atoms with Gasteiger partial charge in [0.2, 0.25) is 0 Å². The minimum Gasteiger partial charge on any atom is -0.444 e. The van der Waals surface area contributed by atoms with Crippen molar-refractivity contribution >= 4 is 27.5 Å². The van der Waals surface area contributed by atoms with Crippen LogP contribution in [0, 0.1) is 0 Å². The normalized spacial score (nSPS) is 17.1. The molecule has 0 saturated heterocycles. The minimum atomic E-state index is -4.76. The number of fused-ring (bicyclic) bond motifs is 1. The van der Waals surface area contributed by atoms with E-state index in [1.165, 1.54) is 54.4 Å². The van der Waals surface area contributed by atoms with Crippen molar-refractivity contribution in [3.8, 4) is 0 Å². The predicted octanol–water partition coefficient (Wildman–Crippen LogP) is 3.91. The van der Waals surface area contributed by atoms with E-state index in [1.807, 2.05) is 0 Å². The second kappa shape index (κ2) is 10.1. The average molecular weight is 595 g/mol. The standard InChI is InChI=1S/C26H29F3N6O5S/c1-24(2,3)40-23(37)35-14-15-13-18(41(6,38)39)11-12-19(15)20(35)21(36)30-17-9-7-16(8-10-17)25(4,26(27,28)29)22-31-33-34(5)32-22/h7-13,20H,14H2,1-6H3,(H,30,36). The molecule has 41 heavy (non-hydrogen) atoms. The lowest BCUT2D eigenvalue weighted by Crippen LogP contribution is -2.42. The van der Waals surface area contributed by atoms with E-state index in [1.54, 1.807) is 20.8 Å². The summed E-state index contributed by atoms with van der Waals surface area (Å²) in [6.07, 6.45) is -4.50. The summed E-state index contributed by atoms with van der Waals surface area (Å²) < 4.78 is 72.2. The van der Waals surface area contributed by atoms with Crippen LogP contribution in [0.1, 0.15) is 56.3 Å². The molecule has 2 atom stereocenters. The van der Waals surface area contributed by atoms with Gasteiger partial charge in [0.25, 0.3) is 5.91 Å². The Morgan fingerprint density at radius 2 is 1.68 bits per heavy atom. The number of amides is 2. The summed E-state index contributed by atoms with van der Waals surface area (Å²) in [4.78, 5) is 28.7. The van der Waals surface area contributed by atoms with Crippen LogP contribution in [0.3, 0.4) is 0 Å². The zero-order chi connectivity index (χ0) is 30.5. The maximum absolute atomic E-state index is 14.2. The number of ether oxygens (including phenoxy) is 1. The van der Waals surface area contributed by atoms with E-state index in [0.29, 0.717) is 11.1 Å². The van der Waals surface area contributed by atoms with Crippen LogP contribution in [0.15, 0.2) is 47.4 Å². The molecular formula is C26H29F3N6O5S. The quantitative estimate of drug-likeness (QED) is 0.470. The van der Waals surface area contributed by atoms with E-state index in [9.17, 15) is 31.2 Å². The highest BCUT2D eigenvalue weighted by Gasteiger charge is 2.56. The summed E-state index contributed by atoms with van der Waals surface area (Å²) in [5.41, 5.74) is -2.60. The summed E-state index contributed by atoms with van der Waals surface area (Å²) in [5, 5.41) is 13.5. The topological polar surface area (TPSA) is 136 Å². The fraction of sp³-hybridized carbons (Fsp3) is 0.423. The number of alkyl halides is 3. The molecule has 1 aromatic heterocycles. The number of anilines is 1. The molecule has 220 valence electrons. The van der Waals surface area contributed by atoms with Gasteiger partial charge in [-0.3, -0.25) is 9.69 Å². The van der Waals surface area contributed by atoms with Crippen molar-refractivity contribution in [2.75, 3.05) is 11.6 Å². The van der Waals surface area contributed by atoms with Crippen molar-refractivity contribution in [2.24, 2.45) is 7.05 Å². The van der Waals surface area contributed by atoms with Crippen LogP contribution in [0.4, 0.5) is 23.7 Å². The van der Waals surface area contributed by atoms with Gasteiger partial charge in [0.1, 0.15) is 11.6 Å². The molecule has 0 fully saturated rings. The van der Waals surface area contributed by atoms with Crippen molar-refractivity contribution in [1.29, 1.82) is 0 Å². The average Bonchev–Trinajstić information content (AvgIpc) is 3.45. The summed E-state index contributed by atoms with van der Waals surface area (Å²) in [5.74, 6) is -1.20. The third-order valence-corrected chi connectivity index (χ3v) is 7.73. The number of carbonyl (C=O) groups is 2. The third kappa shape index (κ3) is 5.89. The molecule has 3 aromatic rings. The van der Waals surface area contributed by atoms with Gasteiger partial charge in [-0.2, -0.15) is 18.0 Å². The van der Waals surface area contributed by atoms with Gasteiger partial charge in [-0.1, -0.05) is 18.2 Å². The first-order valence-corrected chi connectivity index (χ1v) is 14.3. The first-order valence-electron chi connectivity index (χ1n) is 12.4. The first-order chi connectivity index (χ1) is 18.8. The Hall–Kier alpha value is -4.01. The molecule has 11 nitrogen and oxygen atoms in total.